The highest BCUT2D eigenvalue weighted by Gasteiger charge is 2.11. The zero-order chi connectivity index (χ0) is 19.7. The van der Waals surface area contributed by atoms with E-state index in [0.29, 0.717) is 15.7 Å². The second kappa shape index (κ2) is 7.81. The molecule has 0 spiro atoms. The molecule has 1 aromatic heterocycles. The first-order valence-corrected chi connectivity index (χ1v) is 10.3. The van der Waals surface area contributed by atoms with Gasteiger partial charge in [0, 0.05) is 11.3 Å². The number of carbonyl (C=O) groups is 1. The molecular weight excluding hydrogens is 439 g/mol. The number of hydrogen-bond acceptors (Lipinski definition) is 3. The monoisotopic (exact) mass is 454 g/mol. The minimum absolute atomic E-state index is 0.0236. The topological polar surface area (TPSA) is 42.0 Å². The summed E-state index contributed by atoms with van der Waals surface area (Å²) in [4.78, 5) is 16.9. The number of benzene rings is 3. The molecule has 4 aromatic rings. The number of thiazole rings is 1. The number of carbonyl (C=O) groups excluding carboxylic acids is 1. The summed E-state index contributed by atoms with van der Waals surface area (Å²) >= 11 is 4.78. The molecule has 0 aliphatic rings. The van der Waals surface area contributed by atoms with Gasteiger partial charge in [-0.15, -0.1) is 11.3 Å². The van der Waals surface area contributed by atoms with Crippen LogP contribution >= 0.6 is 27.3 Å². The van der Waals surface area contributed by atoms with Crippen LogP contribution in [0.3, 0.4) is 0 Å². The first kappa shape index (κ1) is 18.8. The number of amides is 1. The second-order valence-corrected chi connectivity index (χ2v) is 8.39. The molecule has 0 aliphatic heterocycles. The predicted octanol–water partition coefficient (Wildman–Crippen LogP) is 6.35. The summed E-state index contributed by atoms with van der Waals surface area (Å²) in [6, 6.07) is 18.7. The molecule has 4 rings (SSSR count). The standard InChI is InChI=1S/C22H16BrFN2OS/c1-13-5-10-18-19(11-13)28-22(26-18)14-6-8-16(9-7-14)25-20(27)12-15-3-2-4-17(23)21(15)24/h2-11H,12H2,1H3,(H,25,27). The van der Waals surface area contributed by atoms with Gasteiger partial charge in [-0.2, -0.15) is 0 Å². The van der Waals surface area contributed by atoms with Crippen molar-refractivity contribution < 1.29 is 9.18 Å². The van der Waals surface area contributed by atoms with Gasteiger partial charge in [0.1, 0.15) is 10.8 Å². The third kappa shape index (κ3) is 3.98. The van der Waals surface area contributed by atoms with Crippen molar-refractivity contribution >= 4 is 49.1 Å². The molecule has 0 saturated carbocycles. The van der Waals surface area contributed by atoms with Gasteiger partial charge in [-0.1, -0.05) is 18.2 Å². The van der Waals surface area contributed by atoms with Gasteiger partial charge < -0.3 is 5.32 Å². The van der Waals surface area contributed by atoms with Gasteiger partial charge in [0.25, 0.3) is 0 Å². The lowest BCUT2D eigenvalue weighted by Crippen LogP contribution is -2.15. The van der Waals surface area contributed by atoms with E-state index in [0.717, 1.165) is 20.8 Å². The Morgan fingerprint density at radius 2 is 1.93 bits per heavy atom. The third-order valence-corrected chi connectivity index (χ3v) is 6.02. The SMILES string of the molecule is Cc1ccc2nc(-c3ccc(NC(=O)Cc4cccc(Br)c4F)cc3)sc2c1. The molecule has 0 saturated heterocycles. The molecule has 0 fully saturated rings. The quantitative estimate of drug-likeness (QED) is 0.390. The Labute approximate surface area is 174 Å². The largest absolute Gasteiger partial charge is 0.326 e. The highest BCUT2D eigenvalue weighted by atomic mass is 79.9. The van der Waals surface area contributed by atoms with E-state index < -0.39 is 5.82 Å². The summed E-state index contributed by atoms with van der Waals surface area (Å²) < 4.78 is 15.5. The average Bonchev–Trinajstić information content (AvgIpc) is 3.09. The van der Waals surface area contributed by atoms with Crippen LogP contribution in [0.5, 0.6) is 0 Å². The van der Waals surface area contributed by atoms with Crippen molar-refractivity contribution in [3.63, 3.8) is 0 Å². The highest BCUT2D eigenvalue weighted by molar-refractivity contribution is 9.10. The maximum absolute atomic E-state index is 14.0. The Morgan fingerprint density at radius 1 is 1.14 bits per heavy atom. The van der Waals surface area contributed by atoms with Crippen LogP contribution in [0, 0.1) is 12.7 Å². The number of aryl methyl sites for hydroxylation is 1. The minimum Gasteiger partial charge on any atom is -0.326 e. The number of halogens is 2. The summed E-state index contributed by atoms with van der Waals surface area (Å²) in [6.07, 6.45) is -0.0236. The number of rotatable bonds is 4. The highest BCUT2D eigenvalue weighted by Crippen LogP contribution is 2.31. The van der Waals surface area contributed by atoms with Crippen LogP contribution in [0.2, 0.25) is 0 Å². The smallest absolute Gasteiger partial charge is 0.228 e. The summed E-state index contributed by atoms with van der Waals surface area (Å²) in [6.45, 7) is 2.07. The summed E-state index contributed by atoms with van der Waals surface area (Å²) in [5, 5.41) is 3.75. The first-order valence-electron chi connectivity index (χ1n) is 8.70. The van der Waals surface area contributed by atoms with E-state index in [4.69, 9.17) is 0 Å². The van der Waals surface area contributed by atoms with Crippen molar-refractivity contribution in [3.05, 3.63) is 82.1 Å². The summed E-state index contributed by atoms with van der Waals surface area (Å²) in [7, 11) is 0. The maximum atomic E-state index is 14.0. The van der Waals surface area contributed by atoms with Gasteiger partial charge in [0.05, 0.1) is 21.1 Å². The zero-order valence-corrected chi connectivity index (χ0v) is 17.4. The number of hydrogen-bond donors (Lipinski definition) is 1. The Balaban J connectivity index is 1.48. The molecule has 0 atom stereocenters. The van der Waals surface area contributed by atoms with Crippen LogP contribution < -0.4 is 5.32 Å². The molecular formula is C22H16BrFN2OS. The van der Waals surface area contributed by atoms with E-state index >= 15 is 0 Å². The molecule has 1 amide bonds. The van der Waals surface area contributed by atoms with Crippen LogP contribution in [-0.2, 0) is 11.2 Å². The average molecular weight is 455 g/mol. The Bertz CT molecular complexity index is 1170. The van der Waals surface area contributed by atoms with E-state index in [-0.39, 0.29) is 12.3 Å². The fraction of sp³-hybridized carbons (Fsp3) is 0.0909. The van der Waals surface area contributed by atoms with Crippen LogP contribution in [0.25, 0.3) is 20.8 Å². The van der Waals surface area contributed by atoms with Gasteiger partial charge in [0.15, 0.2) is 0 Å². The van der Waals surface area contributed by atoms with Crippen molar-refractivity contribution in [1.29, 1.82) is 0 Å². The molecule has 140 valence electrons. The van der Waals surface area contributed by atoms with E-state index in [9.17, 15) is 9.18 Å². The summed E-state index contributed by atoms with van der Waals surface area (Å²) in [5.74, 6) is -0.667. The van der Waals surface area contributed by atoms with E-state index in [1.807, 2.05) is 30.3 Å². The van der Waals surface area contributed by atoms with Crippen molar-refractivity contribution in [1.82, 2.24) is 4.98 Å². The van der Waals surface area contributed by atoms with E-state index in [2.05, 4.69) is 45.3 Å². The van der Waals surface area contributed by atoms with Crippen molar-refractivity contribution in [2.75, 3.05) is 5.32 Å². The number of nitrogens with zero attached hydrogens (tertiary/aromatic N) is 1. The number of fused-ring (bicyclic) bond motifs is 1. The molecule has 3 nitrogen and oxygen atoms in total. The fourth-order valence-electron chi connectivity index (χ4n) is 2.91. The van der Waals surface area contributed by atoms with Crippen molar-refractivity contribution in [3.8, 4) is 10.6 Å². The molecule has 6 heteroatoms. The minimum atomic E-state index is -0.404. The molecule has 0 bridgehead atoms. The number of nitrogens with one attached hydrogen (secondary N) is 1. The fourth-order valence-corrected chi connectivity index (χ4v) is 4.39. The molecule has 1 heterocycles. The third-order valence-electron chi connectivity index (χ3n) is 4.34. The van der Waals surface area contributed by atoms with E-state index in [1.165, 1.54) is 5.56 Å². The lowest BCUT2D eigenvalue weighted by Gasteiger charge is -2.07. The number of anilines is 1. The van der Waals surface area contributed by atoms with Crippen molar-refractivity contribution in [2.45, 2.75) is 13.3 Å². The van der Waals surface area contributed by atoms with Crippen LogP contribution in [0.15, 0.2) is 65.1 Å². The lowest BCUT2D eigenvalue weighted by molar-refractivity contribution is -0.115. The van der Waals surface area contributed by atoms with Crippen molar-refractivity contribution in [2.24, 2.45) is 0 Å². The second-order valence-electron chi connectivity index (χ2n) is 6.51. The molecule has 28 heavy (non-hydrogen) atoms. The molecule has 0 unspecified atom stereocenters. The Hall–Kier alpha value is -2.57. The van der Waals surface area contributed by atoms with Crippen LogP contribution in [0.1, 0.15) is 11.1 Å². The van der Waals surface area contributed by atoms with Gasteiger partial charge >= 0.3 is 0 Å². The Morgan fingerprint density at radius 3 is 2.71 bits per heavy atom. The maximum Gasteiger partial charge on any atom is 0.228 e. The van der Waals surface area contributed by atoms with Gasteiger partial charge in [-0.05, 0) is 76.4 Å². The Kier molecular flexibility index (Phi) is 5.24. The normalized spacial score (nSPS) is 11.0. The van der Waals surface area contributed by atoms with Crippen LogP contribution in [-0.4, -0.2) is 10.9 Å². The van der Waals surface area contributed by atoms with E-state index in [1.54, 1.807) is 29.5 Å². The van der Waals surface area contributed by atoms with Gasteiger partial charge in [0.2, 0.25) is 5.91 Å². The summed E-state index contributed by atoms with van der Waals surface area (Å²) in [5.41, 5.74) is 4.21. The number of aromatic nitrogens is 1. The first-order chi connectivity index (χ1) is 13.5. The van der Waals surface area contributed by atoms with Gasteiger partial charge in [-0.25, -0.2) is 9.37 Å². The predicted molar refractivity (Wildman–Crippen MR) is 116 cm³/mol. The lowest BCUT2D eigenvalue weighted by atomic mass is 10.1. The molecule has 1 N–H and O–H groups in total. The van der Waals surface area contributed by atoms with Gasteiger partial charge in [-0.3, -0.25) is 4.79 Å². The zero-order valence-electron chi connectivity index (χ0n) is 15.0. The molecule has 3 aromatic carbocycles. The molecule has 0 aliphatic carbocycles. The van der Waals surface area contributed by atoms with Crippen LogP contribution in [0.4, 0.5) is 10.1 Å². The molecule has 0 radical (unpaired) electrons.